The number of ether oxygens (including phenoxy) is 1. The SMILES string of the molecule is COc1c(C#N)cc(C(C)(C)C)cc1NC(=O)C(=O)c1ccc(Nc2ccnc(N3CCCN(C)CC3)n2)c2ccccc12. The summed E-state index contributed by atoms with van der Waals surface area (Å²) in [7, 11) is 3.55. The number of carbonyl (C=O) groups is 2. The van der Waals surface area contributed by atoms with Gasteiger partial charge in [-0.05, 0) is 66.7 Å². The molecule has 0 saturated carbocycles. The van der Waals surface area contributed by atoms with Gasteiger partial charge in [0.15, 0.2) is 5.75 Å². The first-order valence-electron chi connectivity index (χ1n) is 14.6. The molecule has 1 aliphatic rings. The Morgan fingerprint density at radius 3 is 2.48 bits per heavy atom. The third kappa shape index (κ3) is 6.48. The zero-order chi connectivity index (χ0) is 31.4. The largest absolute Gasteiger partial charge is 0.493 e. The average molecular weight is 592 g/mol. The summed E-state index contributed by atoms with van der Waals surface area (Å²) < 4.78 is 5.45. The Labute approximate surface area is 257 Å². The number of fused-ring (bicyclic) bond motifs is 1. The summed E-state index contributed by atoms with van der Waals surface area (Å²) in [5.74, 6) is -0.0164. The first kappa shape index (κ1) is 30.4. The first-order valence-corrected chi connectivity index (χ1v) is 14.6. The van der Waals surface area contributed by atoms with Crippen LogP contribution in [0.25, 0.3) is 10.8 Å². The van der Waals surface area contributed by atoms with Crippen LogP contribution < -0.4 is 20.3 Å². The summed E-state index contributed by atoms with van der Waals surface area (Å²) in [6, 6.07) is 18.3. The summed E-state index contributed by atoms with van der Waals surface area (Å²) in [5, 5.41) is 17.2. The molecule has 1 aliphatic heterocycles. The number of likely N-dealkylation sites (N-methyl/N-ethyl adjacent to an activating group) is 1. The molecule has 44 heavy (non-hydrogen) atoms. The Bertz CT molecular complexity index is 1760. The Balaban J connectivity index is 1.42. The molecule has 0 atom stereocenters. The summed E-state index contributed by atoms with van der Waals surface area (Å²) in [5.41, 5.74) is 2.08. The highest BCUT2D eigenvalue weighted by Gasteiger charge is 2.25. The Morgan fingerprint density at radius 2 is 1.75 bits per heavy atom. The number of rotatable bonds is 7. The smallest absolute Gasteiger partial charge is 0.296 e. The Kier molecular flexibility index (Phi) is 8.78. The van der Waals surface area contributed by atoms with E-state index in [9.17, 15) is 14.9 Å². The number of carbonyl (C=O) groups excluding carboxylic acids is 2. The van der Waals surface area contributed by atoms with Gasteiger partial charge in [0.25, 0.3) is 11.7 Å². The van der Waals surface area contributed by atoms with Gasteiger partial charge in [0, 0.05) is 42.5 Å². The third-order valence-electron chi connectivity index (χ3n) is 7.81. The molecule has 0 unspecified atom stereocenters. The maximum Gasteiger partial charge on any atom is 0.296 e. The van der Waals surface area contributed by atoms with Gasteiger partial charge < -0.3 is 25.2 Å². The lowest BCUT2D eigenvalue weighted by molar-refractivity contribution is -0.112. The van der Waals surface area contributed by atoms with E-state index in [1.807, 2.05) is 51.1 Å². The first-order chi connectivity index (χ1) is 21.1. The van der Waals surface area contributed by atoms with Crippen molar-refractivity contribution in [3.8, 4) is 11.8 Å². The molecule has 2 N–H and O–H groups in total. The number of amides is 1. The van der Waals surface area contributed by atoms with Gasteiger partial charge in [-0.2, -0.15) is 10.2 Å². The van der Waals surface area contributed by atoms with Gasteiger partial charge in [-0.1, -0.05) is 45.0 Å². The van der Waals surface area contributed by atoms with Crippen molar-refractivity contribution in [2.24, 2.45) is 0 Å². The highest BCUT2D eigenvalue weighted by molar-refractivity contribution is 6.48. The van der Waals surface area contributed by atoms with Crippen molar-refractivity contribution >= 4 is 45.6 Å². The molecule has 1 saturated heterocycles. The summed E-state index contributed by atoms with van der Waals surface area (Å²) in [6.45, 7) is 9.75. The molecule has 0 radical (unpaired) electrons. The fourth-order valence-electron chi connectivity index (χ4n) is 5.32. The fraction of sp³-hybridized carbons (Fsp3) is 0.324. The lowest BCUT2D eigenvalue weighted by atomic mass is 9.85. The van der Waals surface area contributed by atoms with Gasteiger partial charge in [0.05, 0.1) is 18.4 Å². The van der Waals surface area contributed by atoms with Gasteiger partial charge in [0.2, 0.25) is 5.95 Å². The van der Waals surface area contributed by atoms with Crippen LogP contribution in [0.3, 0.4) is 0 Å². The van der Waals surface area contributed by atoms with Crippen LogP contribution in [0.15, 0.2) is 60.8 Å². The number of nitriles is 1. The van der Waals surface area contributed by atoms with Crippen LogP contribution in [0.2, 0.25) is 0 Å². The molecule has 4 aromatic rings. The summed E-state index contributed by atoms with van der Waals surface area (Å²) >= 11 is 0. The number of ketones is 1. The normalized spacial score (nSPS) is 14.0. The number of hydrogen-bond donors (Lipinski definition) is 2. The van der Waals surface area contributed by atoms with Crippen molar-refractivity contribution in [2.75, 3.05) is 55.9 Å². The van der Waals surface area contributed by atoms with Crippen molar-refractivity contribution in [3.05, 3.63) is 77.5 Å². The second kappa shape index (κ2) is 12.7. The van der Waals surface area contributed by atoms with E-state index in [-0.39, 0.29) is 28.0 Å². The third-order valence-corrected chi connectivity index (χ3v) is 7.81. The van der Waals surface area contributed by atoms with Crippen LogP contribution >= 0.6 is 0 Å². The van der Waals surface area contributed by atoms with E-state index in [2.05, 4.69) is 38.5 Å². The van der Waals surface area contributed by atoms with Gasteiger partial charge in [0.1, 0.15) is 11.9 Å². The molecule has 5 rings (SSSR count). The minimum Gasteiger partial charge on any atom is -0.493 e. The molecule has 2 heterocycles. The molecule has 1 aromatic heterocycles. The second-order valence-electron chi connectivity index (χ2n) is 12.0. The topological polar surface area (TPSA) is 123 Å². The zero-order valence-corrected chi connectivity index (χ0v) is 25.8. The van der Waals surface area contributed by atoms with Crippen molar-refractivity contribution < 1.29 is 14.3 Å². The molecule has 0 bridgehead atoms. The van der Waals surface area contributed by atoms with E-state index < -0.39 is 11.7 Å². The number of benzene rings is 3. The molecule has 0 aliphatic carbocycles. The highest BCUT2D eigenvalue weighted by atomic mass is 16.5. The van der Waals surface area contributed by atoms with Gasteiger partial charge >= 0.3 is 0 Å². The number of nitrogens with zero attached hydrogens (tertiary/aromatic N) is 5. The van der Waals surface area contributed by atoms with Crippen LogP contribution in [0.4, 0.5) is 23.1 Å². The van der Waals surface area contributed by atoms with Crippen LogP contribution in [0.1, 0.15) is 48.7 Å². The lowest BCUT2D eigenvalue weighted by Crippen LogP contribution is -2.30. The number of aromatic nitrogens is 2. The minimum absolute atomic E-state index is 0.211. The summed E-state index contributed by atoms with van der Waals surface area (Å²) in [4.78, 5) is 40.7. The minimum atomic E-state index is -0.826. The van der Waals surface area contributed by atoms with E-state index >= 15 is 0 Å². The maximum atomic E-state index is 13.6. The van der Waals surface area contributed by atoms with Crippen LogP contribution in [-0.2, 0) is 10.2 Å². The van der Waals surface area contributed by atoms with Crippen molar-refractivity contribution in [3.63, 3.8) is 0 Å². The Morgan fingerprint density at radius 1 is 0.977 bits per heavy atom. The van der Waals surface area contributed by atoms with E-state index in [4.69, 9.17) is 9.72 Å². The highest BCUT2D eigenvalue weighted by Crippen LogP contribution is 2.35. The fourth-order valence-corrected chi connectivity index (χ4v) is 5.32. The molecule has 0 spiro atoms. The van der Waals surface area contributed by atoms with E-state index in [0.29, 0.717) is 17.2 Å². The number of hydrogen-bond acceptors (Lipinski definition) is 9. The number of Topliss-reactive ketones (excluding diaryl/α,β-unsaturated/α-hetero) is 1. The van der Waals surface area contributed by atoms with Crippen molar-refractivity contribution in [1.82, 2.24) is 14.9 Å². The molecule has 1 amide bonds. The molecule has 10 nitrogen and oxygen atoms in total. The number of anilines is 4. The monoisotopic (exact) mass is 591 g/mol. The number of methoxy groups -OCH3 is 1. The van der Waals surface area contributed by atoms with Crippen molar-refractivity contribution in [2.45, 2.75) is 32.6 Å². The lowest BCUT2D eigenvalue weighted by Gasteiger charge is -2.22. The quantitative estimate of drug-likeness (QED) is 0.211. The van der Waals surface area contributed by atoms with E-state index in [0.717, 1.165) is 49.2 Å². The van der Waals surface area contributed by atoms with E-state index in [1.54, 1.807) is 30.5 Å². The zero-order valence-electron chi connectivity index (χ0n) is 25.8. The molecule has 1 fully saturated rings. The molecular weight excluding hydrogens is 554 g/mol. The molecule has 10 heteroatoms. The number of nitrogens with one attached hydrogen (secondary N) is 2. The van der Waals surface area contributed by atoms with Crippen molar-refractivity contribution in [1.29, 1.82) is 5.26 Å². The maximum absolute atomic E-state index is 13.6. The molecule has 226 valence electrons. The van der Waals surface area contributed by atoms with Gasteiger partial charge in [-0.25, -0.2) is 4.98 Å². The molecule has 3 aromatic carbocycles. The average Bonchev–Trinajstić information content (AvgIpc) is 3.24. The van der Waals surface area contributed by atoms with Crippen LogP contribution in [0, 0.1) is 11.3 Å². The second-order valence-corrected chi connectivity index (χ2v) is 12.0. The van der Waals surface area contributed by atoms with Crippen LogP contribution in [-0.4, -0.2) is 66.9 Å². The van der Waals surface area contributed by atoms with Crippen LogP contribution in [0.5, 0.6) is 5.75 Å². The van der Waals surface area contributed by atoms with E-state index in [1.165, 1.54) is 7.11 Å². The Hall–Kier alpha value is -5.01. The predicted molar refractivity (Wildman–Crippen MR) is 173 cm³/mol. The summed E-state index contributed by atoms with van der Waals surface area (Å²) in [6.07, 6.45) is 2.78. The standard InChI is InChI=1S/C34H37N7O3/c1-34(2,3)23-19-22(21-35)31(44-5)28(20-23)38-32(43)30(42)26-11-12-27(25-10-7-6-9-24(25)26)37-29-13-14-36-33(39-29)41-16-8-15-40(4)17-18-41/h6-7,9-14,19-20H,8,15-18H2,1-5H3,(H,38,43)(H,36,37,39). The predicted octanol–water partition coefficient (Wildman–Crippen LogP) is 5.51. The molecular formula is C34H37N7O3. The van der Waals surface area contributed by atoms with Gasteiger partial charge in [-0.15, -0.1) is 0 Å². The van der Waals surface area contributed by atoms with Gasteiger partial charge in [-0.3, -0.25) is 9.59 Å².